The Balaban J connectivity index is 0.761. The smallest absolute Gasteiger partial charge is 0.164 e. The molecule has 0 bridgehead atoms. The molecular weight excluding hydrogens is 1020 g/mol. The van der Waals surface area contributed by atoms with Gasteiger partial charge in [-0.15, -0.1) is 0 Å². The van der Waals surface area contributed by atoms with Crippen LogP contribution in [0.15, 0.2) is 315 Å². The van der Waals surface area contributed by atoms with Gasteiger partial charge in [0.25, 0.3) is 0 Å². The van der Waals surface area contributed by atoms with Gasteiger partial charge in [-0.1, -0.05) is 273 Å². The Morgan fingerprint density at radius 3 is 0.512 bits per heavy atom. The lowest BCUT2D eigenvalue weighted by Crippen LogP contribution is -2.00. The van der Waals surface area contributed by atoms with Crippen LogP contribution in [0.3, 0.4) is 0 Å². The number of aromatic nitrogens is 6. The average molecular weight is 1070 g/mol. The molecule has 2 heterocycles. The summed E-state index contributed by atoms with van der Waals surface area (Å²) in [6.07, 6.45) is 0. The molecule has 0 fully saturated rings. The minimum absolute atomic E-state index is 0.600. The zero-order valence-electron chi connectivity index (χ0n) is 45.7. The Morgan fingerprint density at radius 2 is 0.250 bits per heavy atom. The second-order valence-electron chi connectivity index (χ2n) is 20.7. The summed E-state index contributed by atoms with van der Waals surface area (Å²) >= 11 is 0. The minimum atomic E-state index is 0.600. The van der Waals surface area contributed by atoms with Crippen LogP contribution in [0.1, 0.15) is 0 Å². The lowest BCUT2D eigenvalue weighted by molar-refractivity contribution is 1.07. The third-order valence-electron chi connectivity index (χ3n) is 15.2. The van der Waals surface area contributed by atoms with Crippen molar-refractivity contribution in [3.05, 3.63) is 315 Å². The van der Waals surface area contributed by atoms with E-state index in [1.807, 2.05) is 48.5 Å². The van der Waals surface area contributed by atoms with Crippen LogP contribution in [0.25, 0.3) is 146 Å². The molecule has 0 saturated heterocycles. The molecule has 0 aliphatic heterocycles. The molecular formula is C78H52N6. The van der Waals surface area contributed by atoms with Crippen molar-refractivity contribution in [1.29, 1.82) is 0 Å². The molecule has 0 unspecified atom stereocenters. The standard InChI is InChI=1S/C78H52N6/c1-5-20-53(21-6-1)56-42-44-58(45-43-56)74-79-73(57-26-11-4-12-27-57)80-75(81-74)71-40-18-36-67(51-71)65-34-14-32-63(47-65)61-30-13-31-62(46-61)64-33-15-35-66(48-64)68-37-19-41-72(52-68)78-83-76(69-38-16-28-59(49-69)54-22-7-2-8-23-54)82-77(84-78)70-39-17-29-60(50-70)55-24-9-3-10-25-55/h1-52H. The molecule has 0 saturated carbocycles. The van der Waals surface area contributed by atoms with Gasteiger partial charge in [-0.05, 0) is 120 Å². The molecule has 0 aliphatic rings. The van der Waals surface area contributed by atoms with Gasteiger partial charge in [0.15, 0.2) is 34.9 Å². The van der Waals surface area contributed by atoms with Crippen LogP contribution in [0.2, 0.25) is 0 Å². The fraction of sp³-hybridized carbons (Fsp3) is 0. The van der Waals surface area contributed by atoms with E-state index in [4.69, 9.17) is 29.9 Å². The summed E-state index contributed by atoms with van der Waals surface area (Å²) in [6, 6.07) is 110. The van der Waals surface area contributed by atoms with E-state index in [0.717, 1.165) is 111 Å². The normalized spacial score (nSPS) is 11.1. The summed E-state index contributed by atoms with van der Waals surface area (Å²) in [5.41, 5.74) is 21.0. The zero-order valence-corrected chi connectivity index (χ0v) is 45.7. The number of benzene rings is 12. The van der Waals surface area contributed by atoms with Crippen molar-refractivity contribution in [2.45, 2.75) is 0 Å². The van der Waals surface area contributed by atoms with Crippen molar-refractivity contribution >= 4 is 0 Å². The van der Waals surface area contributed by atoms with E-state index in [1.54, 1.807) is 0 Å². The van der Waals surface area contributed by atoms with Gasteiger partial charge in [-0.25, -0.2) is 29.9 Å². The molecule has 0 N–H and O–H groups in total. The Morgan fingerprint density at radius 1 is 0.107 bits per heavy atom. The Kier molecular flexibility index (Phi) is 13.9. The summed E-state index contributed by atoms with van der Waals surface area (Å²) in [6.45, 7) is 0. The number of rotatable bonds is 13. The van der Waals surface area contributed by atoms with E-state index in [2.05, 4.69) is 267 Å². The predicted molar refractivity (Wildman–Crippen MR) is 344 cm³/mol. The highest BCUT2D eigenvalue weighted by molar-refractivity contribution is 5.82. The van der Waals surface area contributed by atoms with E-state index < -0.39 is 0 Å². The summed E-state index contributed by atoms with van der Waals surface area (Å²) in [5.74, 6) is 3.68. The second-order valence-corrected chi connectivity index (χ2v) is 20.7. The van der Waals surface area contributed by atoms with Gasteiger partial charge in [-0.2, -0.15) is 0 Å². The molecule has 2 aromatic heterocycles. The summed E-state index contributed by atoms with van der Waals surface area (Å²) in [5, 5.41) is 0. The number of nitrogens with zero attached hydrogens (tertiary/aromatic N) is 6. The highest BCUT2D eigenvalue weighted by Gasteiger charge is 2.17. The molecule has 12 aromatic carbocycles. The first-order chi connectivity index (χ1) is 41.6. The van der Waals surface area contributed by atoms with Crippen LogP contribution in [0, 0.1) is 0 Å². The average Bonchev–Trinajstić information content (AvgIpc) is 3.71. The van der Waals surface area contributed by atoms with Crippen LogP contribution in [0.5, 0.6) is 0 Å². The van der Waals surface area contributed by atoms with E-state index in [1.165, 1.54) is 0 Å². The van der Waals surface area contributed by atoms with Crippen molar-refractivity contribution in [1.82, 2.24) is 29.9 Å². The van der Waals surface area contributed by atoms with Crippen molar-refractivity contribution < 1.29 is 0 Å². The molecule has 0 atom stereocenters. The maximum Gasteiger partial charge on any atom is 0.164 e. The van der Waals surface area contributed by atoms with Crippen LogP contribution < -0.4 is 0 Å². The van der Waals surface area contributed by atoms with E-state index in [9.17, 15) is 0 Å². The van der Waals surface area contributed by atoms with Crippen molar-refractivity contribution in [3.63, 3.8) is 0 Å². The molecule has 0 spiro atoms. The van der Waals surface area contributed by atoms with Crippen molar-refractivity contribution in [3.8, 4) is 146 Å². The van der Waals surface area contributed by atoms with E-state index >= 15 is 0 Å². The lowest BCUT2D eigenvalue weighted by atomic mass is 9.94. The molecule has 0 aliphatic carbocycles. The Bertz CT molecular complexity index is 4540. The molecule has 0 amide bonds. The van der Waals surface area contributed by atoms with Gasteiger partial charge in [0, 0.05) is 33.4 Å². The Hall–Kier alpha value is -11.3. The van der Waals surface area contributed by atoms with Crippen molar-refractivity contribution in [2.24, 2.45) is 0 Å². The SMILES string of the molecule is c1ccc(-c2ccc(-c3nc(-c4ccccc4)nc(-c4cccc(-c5cccc(-c6cccc(-c7cccc(-c8cccc(-c9nc(-c%10cccc(-c%11ccccc%11)c%10)nc(-c%10cccc(-c%11ccccc%11)c%10)n9)c8)c7)c6)c5)c4)n3)cc2)cc1. The van der Waals surface area contributed by atoms with E-state index in [0.29, 0.717) is 34.9 Å². The maximum absolute atomic E-state index is 5.20. The summed E-state index contributed by atoms with van der Waals surface area (Å²) < 4.78 is 0. The van der Waals surface area contributed by atoms with Crippen LogP contribution in [-0.2, 0) is 0 Å². The second kappa shape index (κ2) is 23.0. The molecule has 84 heavy (non-hydrogen) atoms. The third-order valence-corrected chi connectivity index (χ3v) is 15.2. The van der Waals surface area contributed by atoms with Crippen LogP contribution in [-0.4, -0.2) is 29.9 Å². The zero-order chi connectivity index (χ0) is 56.0. The van der Waals surface area contributed by atoms with Gasteiger partial charge < -0.3 is 0 Å². The number of hydrogen-bond donors (Lipinski definition) is 0. The van der Waals surface area contributed by atoms with Gasteiger partial charge in [0.05, 0.1) is 0 Å². The molecule has 14 rings (SSSR count). The Labute approximate surface area is 488 Å². The fourth-order valence-corrected chi connectivity index (χ4v) is 10.8. The first-order valence-electron chi connectivity index (χ1n) is 28.1. The molecule has 394 valence electrons. The quantitative estimate of drug-likeness (QED) is 0.114. The first kappa shape index (κ1) is 50.9. The summed E-state index contributed by atoms with van der Waals surface area (Å²) in [7, 11) is 0. The maximum atomic E-state index is 5.20. The first-order valence-corrected chi connectivity index (χ1v) is 28.1. The highest BCUT2D eigenvalue weighted by atomic mass is 15.0. The number of hydrogen-bond acceptors (Lipinski definition) is 6. The fourth-order valence-electron chi connectivity index (χ4n) is 10.8. The van der Waals surface area contributed by atoms with Gasteiger partial charge in [0.2, 0.25) is 0 Å². The topological polar surface area (TPSA) is 77.3 Å². The minimum Gasteiger partial charge on any atom is -0.208 e. The largest absolute Gasteiger partial charge is 0.208 e. The molecule has 6 heteroatoms. The molecule has 14 aromatic rings. The lowest BCUT2D eigenvalue weighted by Gasteiger charge is -2.12. The monoisotopic (exact) mass is 1070 g/mol. The molecule has 6 nitrogen and oxygen atoms in total. The van der Waals surface area contributed by atoms with Crippen molar-refractivity contribution in [2.75, 3.05) is 0 Å². The highest BCUT2D eigenvalue weighted by Crippen LogP contribution is 2.36. The van der Waals surface area contributed by atoms with Gasteiger partial charge in [0.1, 0.15) is 0 Å². The third kappa shape index (κ3) is 11.0. The molecule has 0 radical (unpaired) electrons. The summed E-state index contributed by atoms with van der Waals surface area (Å²) in [4.78, 5) is 30.7. The van der Waals surface area contributed by atoms with Crippen LogP contribution in [0.4, 0.5) is 0 Å². The van der Waals surface area contributed by atoms with Crippen LogP contribution >= 0.6 is 0 Å². The predicted octanol–water partition coefficient (Wildman–Crippen LogP) is 19.7. The van der Waals surface area contributed by atoms with Gasteiger partial charge >= 0.3 is 0 Å². The van der Waals surface area contributed by atoms with E-state index in [-0.39, 0.29) is 0 Å². The van der Waals surface area contributed by atoms with Gasteiger partial charge in [-0.3, -0.25) is 0 Å².